The van der Waals surface area contributed by atoms with Gasteiger partial charge < -0.3 is 9.47 Å². The van der Waals surface area contributed by atoms with Gasteiger partial charge in [0.15, 0.2) is 0 Å². The molecular formula is C11H12O5. The highest BCUT2D eigenvalue weighted by Crippen LogP contribution is 2.17. The van der Waals surface area contributed by atoms with Crippen LogP contribution in [0.3, 0.4) is 0 Å². The maximum absolute atomic E-state index is 11.4. The Labute approximate surface area is 92.7 Å². The summed E-state index contributed by atoms with van der Waals surface area (Å²) in [5.41, 5.74) is -0.279. The maximum atomic E-state index is 11.4. The number of carbonyl (C=O) groups is 3. The number of cyclic esters (lactones) is 2. The highest BCUT2D eigenvalue weighted by molar-refractivity contribution is 6.16. The van der Waals surface area contributed by atoms with Gasteiger partial charge in [0.1, 0.15) is 0 Å². The minimum Gasteiger partial charge on any atom is -0.462 e. The SMILES string of the molecule is C=C(C(=O)OCCCC)C1=CC(=O)OC1=O. The van der Waals surface area contributed by atoms with Crippen molar-refractivity contribution in [2.75, 3.05) is 6.61 Å². The molecule has 1 aliphatic heterocycles. The topological polar surface area (TPSA) is 69.7 Å². The second kappa shape index (κ2) is 5.25. The van der Waals surface area contributed by atoms with Crippen LogP contribution in [0.15, 0.2) is 23.8 Å². The van der Waals surface area contributed by atoms with Crippen molar-refractivity contribution in [2.45, 2.75) is 19.8 Å². The molecule has 1 heterocycles. The molecule has 0 aromatic carbocycles. The van der Waals surface area contributed by atoms with Crippen molar-refractivity contribution >= 4 is 17.9 Å². The lowest BCUT2D eigenvalue weighted by atomic mass is 10.1. The van der Waals surface area contributed by atoms with Crippen molar-refractivity contribution in [3.8, 4) is 0 Å². The first kappa shape index (κ1) is 12.2. The van der Waals surface area contributed by atoms with E-state index in [0.717, 1.165) is 18.9 Å². The smallest absolute Gasteiger partial charge is 0.347 e. The number of ether oxygens (including phenoxy) is 2. The van der Waals surface area contributed by atoms with Crippen molar-refractivity contribution in [1.82, 2.24) is 0 Å². The molecule has 0 saturated carbocycles. The molecule has 0 radical (unpaired) electrons. The van der Waals surface area contributed by atoms with E-state index in [2.05, 4.69) is 11.3 Å². The van der Waals surface area contributed by atoms with Crippen LogP contribution >= 0.6 is 0 Å². The number of hydrogen-bond donors (Lipinski definition) is 0. The summed E-state index contributed by atoms with van der Waals surface area (Å²) in [7, 11) is 0. The van der Waals surface area contributed by atoms with Crippen LogP contribution in [0.2, 0.25) is 0 Å². The Morgan fingerprint density at radius 3 is 2.69 bits per heavy atom. The molecule has 1 rings (SSSR count). The van der Waals surface area contributed by atoms with Crippen LogP contribution in [0.25, 0.3) is 0 Å². The number of carbonyl (C=O) groups excluding carboxylic acids is 3. The summed E-state index contributed by atoms with van der Waals surface area (Å²) in [5.74, 6) is -2.35. The molecule has 0 spiro atoms. The minimum absolute atomic E-state index is 0.133. The molecule has 0 fully saturated rings. The summed E-state index contributed by atoms with van der Waals surface area (Å²) in [5, 5.41) is 0. The molecule has 0 atom stereocenters. The molecular weight excluding hydrogens is 212 g/mol. The van der Waals surface area contributed by atoms with Gasteiger partial charge in [-0.15, -0.1) is 0 Å². The van der Waals surface area contributed by atoms with Crippen molar-refractivity contribution in [1.29, 1.82) is 0 Å². The van der Waals surface area contributed by atoms with Crippen LogP contribution < -0.4 is 0 Å². The van der Waals surface area contributed by atoms with E-state index in [9.17, 15) is 14.4 Å². The molecule has 16 heavy (non-hydrogen) atoms. The van der Waals surface area contributed by atoms with E-state index in [-0.39, 0.29) is 17.8 Å². The van der Waals surface area contributed by atoms with E-state index in [0.29, 0.717) is 0 Å². The highest BCUT2D eigenvalue weighted by Gasteiger charge is 2.29. The van der Waals surface area contributed by atoms with Gasteiger partial charge in [0, 0.05) is 6.08 Å². The second-order valence-electron chi connectivity index (χ2n) is 3.23. The van der Waals surface area contributed by atoms with Gasteiger partial charge >= 0.3 is 17.9 Å². The van der Waals surface area contributed by atoms with Crippen LogP contribution in [0.5, 0.6) is 0 Å². The van der Waals surface area contributed by atoms with Crippen LogP contribution in [-0.2, 0) is 23.9 Å². The number of hydrogen-bond acceptors (Lipinski definition) is 5. The summed E-state index contributed by atoms with van der Waals surface area (Å²) >= 11 is 0. The third-order valence-electron chi connectivity index (χ3n) is 1.98. The Bertz CT molecular complexity index is 378. The van der Waals surface area contributed by atoms with Gasteiger partial charge in [-0.1, -0.05) is 19.9 Å². The molecule has 0 unspecified atom stereocenters. The predicted octanol–water partition coefficient (Wildman–Crippen LogP) is 0.896. The van der Waals surface area contributed by atoms with Crippen LogP contribution in [-0.4, -0.2) is 24.5 Å². The first-order valence-electron chi connectivity index (χ1n) is 4.90. The molecule has 0 saturated heterocycles. The second-order valence-corrected chi connectivity index (χ2v) is 3.23. The van der Waals surface area contributed by atoms with Crippen molar-refractivity contribution in [2.24, 2.45) is 0 Å². The molecule has 0 aliphatic carbocycles. The fourth-order valence-electron chi connectivity index (χ4n) is 1.07. The molecule has 0 bridgehead atoms. The van der Waals surface area contributed by atoms with Gasteiger partial charge in [-0.05, 0) is 6.42 Å². The van der Waals surface area contributed by atoms with Gasteiger partial charge in [-0.2, -0.15) is 0 Å². The summed E-state index contributed by atoms with van der Waals surface area (Å²) in [4.78, 5) is 33.2. The van der Waals surface area contributed by atoms with Crippen molar-refractivity contribution in [3.63, 3.8) is 0 Å². The Kier molecular flexibility index (Phi) is 3.99. The molecule has 5 heteroatoms. The summed E-state index contributed by atoms with van der Waals surface area (Å²) in [6.07, 6.45) is 2.57. The third-order valence-corrected chi connectivity index (χ3v) is 1.98. The first-order chi connectivity index (χ1) is 7.56. The maximum Gasteiger partial charge on any atom is 0.347 e. The van der Waals surface area contributed by atoms with Gasteiger partial charge in [-0.3, -0.25) is 0 Å². The van der Waals surface area contributed by atoms with Crippen LogP contribution in [0.4, 0.5) is 0 Å². The highest BCUT2D eigenvalue weighted by atomic mass is 16.6. The van der Waals surface area contributed by atoms with Crippen molar-refractivity contribution in [3.05, 3.63) is 23.8 Å². The molecule has 0 N–H and O–H groups in total. The summed E-state index contributed by atoms with van der Waals surface area (Å²) in [6.45, 7) is 5.63. The lowest BCUT2D eigenvalue weighted by molar-refractivity contribution is -0.151. The van der Waals surface area contributed by atoms with Crippen molar-refractivity contribution < 1.29 is 23.9 Å². The molecule has 1 aliphatic rings. The van der Waals surface area contributed by atoms with Crippen LogP contribution in [0, 0.1) is 0 Å². The van der Waals surface area contributed by atoms with Crippen LogP contribution in [0.1, 0.15) is 19.8 Å². The zero-order chi connectivity index (χ0) is 12.1. The van der Waals surface area contributed by atoms with E-state index in [1.807, 2.05) is 6.92 Å². The Balaban J connectivity index is 2.58. The average molecular weight is 224 g/mol. The Hall–Kier alpha value is -1.91. The quantitative estimate of drug-likeness (QED) is 0.300. The predicted molar refractivity (Wildman–Crippen MR) is 54.2 cm³/mol. The van der Waals surface area contributed by atoms with Gasteiger partial charge in [0.05, 0.1) is 17.8 Å². The summed E-state index contributed by atoms with van der Waals surface area (Å²) < 4.78 is 9.07. The largest absolute Gasteiger partial charge is 0.462 e. The van der Waals surface area contributed by atoms with E-state index < -0.39 is 17.9 Å². The fourth-order valence-corrected chi connectivity index (χ4v) is 1.07. The average Bonchev–Trinajstić information content (AvgIpc) is 2.57. The Morgan fingerprint density at radius 2 is 2.19 bits per heavy atom. The molecule has 0 amide bonds. The van der Waals surface area contributed by atoms with E-state index in [1.54, 1.807) is 0 Å². The van der Waals surface area contributed by atoms with Gasteiger partial charge in [0.25, 0.3) is 0 Å². The summed E-state index contributed by atoms with van der Waals surface area (Å²) in [6, 6.07) is 0. The monoisotopic (exact) mass is 224 g/mol. The number of rotatable bonds is 5. The number of unbranched alkanes of at least 4 members (excludes halogenated alkanes) is 1. The lowest BCUT2D eigenvalue weighted by Gasteiger charge is -2.05. The Morgan fingerprint density at radius 1 is 1.50 bits per heavy atom. The lowest BCUT2D eigenvalue weighted by Crippen LogP contribution is -2.13. The molecule has 0 aromatic rings. The molecule has 5 nitrogen and oxygen atoms in total. The van der Waals surface area contributed by atoms with E-state index in [1.165, 1.54) is 0 Å². The fraction of sp³-hybridized carbons (Fsp3) is 0.364. The zero-order valence-corrected chi connectivity index (χ0v) is 8.95. The first-order valence-corrected chi connectivity index (χ1v) is 4.90. The minimum atomic E-state index is -0.859. The normalized spacial score (nSPS) is 14.4. The van der Waals surface area contributed by atoms with E-state index >= 15 is 0 Å². The molecule has 86 valence electrons. The standard InChI is InChI=1S/C11H12O5/c1-3-4-5-15-10(13)7(2)8-6-9(12)16-11(8)14/h6H,2-5H2,1H3. The zero-order valence-electron chi connectivity index (χ0n) is 8.95. The van der Waals surface area contributed by atoms with Gasteiger partial charge in [0.2, 0.25) is 0 Å². The third kappa shape index (κ3) is 2.79. The van der Waals surface area contributed by atoms with Gasteiger partial charge in [-0.25, -0.2) is 14.4 Å². The molecule has 0 aromatic heterocycles. The van der Waals surface area contributed by atoms with E-state index in [4.69, 9.17) is 4.74 Å². The number of esters is 3.